The number of amides is 2. The third-order valence-corrected chi connectivity index (χ3v) is 6.55. The molecule has 1 unspecified atom stereocenters. The molecule has 1 aromatic carbocycles. The first-order valence-electron chi connectivity index (χ1n) is 8.61. The van der Waals surface area contributed by atoms with Gasteiger partial charge in [0.2, 0.25) is 0 Å². The van der Waals surface area contributed by atoms with Gasteiger partial charge < -0.3 is 10.2 Å². The molecule has 1 aliphatic rings. The maximum atomic E-state index is 13.1. The highest BCUT2D eigenvalue weighted by molar-refractivity contribution is 7.12. The fraction of sp³-hybridized carbons (Fsp3) is 0.200. The van der Waals surface area contributed by atoms with Crippen molar-refractivity contribution in [3.63, 3.8) is 0 Å². The van der Waals surface area contributed by atoms with Crippen LogP contribution < -0.4 is 5.32 Å². The Hall–Kier alpha value is -2.15. The van der Waals surface area contributed by atoms with Crippen molar-refractivity contribution in [1.82, 2.24) is 4.90 Å². The van der Waals surface area contributed by atoms with Crippen molar-refractivity contribution < 1.29 is 9.59 Å². The van der Waals surface area contributed by atoms with E-state index in [1.807, 2.05) is 21.7 Å². The van der Waals surface area contributed by atoms with Gasteiger partial charge in [-0.1, -0.05) is 17.7 Å². The summed E-state index contributed by atoms with van der Waals surface area (Å²) in [5.74, 6) is -0.263. The summed E-state index contributed by atoms with van der Waals surface area (Å²) in [6.45, 7) is 0.735. The van der Waals surface area contributed by atoms with Gasteiger partial charge in [0.25, 0.3) is 11.8 Å². The van der Waals surface area contributed by atoms with Crippen LogP contribution in [-0.2, 0) is 0 Å². The van der Waals surface area contributed by atoms with E-state index in [0.717, 1.165) is 19.4 Å². The maximum absolute atomic E-state index is 13.1. The van der Waals surface area contributed by atoms with E-state index in [1.54, 1.807) is 35.6 Å². The quantitative estimate of drug-likeness (QED) is 0.593. The molecule has 1 saturated heterocycles. The van der Waals surface area contributed by atoms with Gasteiger partial charge in [0.05, 0.1) is 21.6 Å². The summed E-state index contributed by atoms with van der Waals surface area (Å²) in [4.78, 5) is 27.9. The SMILES string of the molecule is O=C(Nc1cc(C(=O)N2CCCC2c2ccsc2)ccc1Cl)c1cccs1. The van der Waals surface area contributed by atoms with Crippen LogP contribution in [0.4, 0.5) is 5.69 Å². The number of hydrogen-bond donors (Lipinski definition) is 1. The van der Waals surface area contributed by atoms with Crippen molar-refractivity contribution in [2.75, 3.05) is 11.9 Å². The van der Waals surface area contributed by atoms with E-state index in [0.29, 0.717) is 21.2 Å². The van der Waals surface area contributed by atoms with Crippen molar-refractivity contribution in [1.29, 1.82) is 0 Å². The highest BCUT2D eigenvalue weighted by Gasteiger charge is 2.31. The van der Waals surface area contributed by atoms with Crippen molar-refractivity contribution >= 4 is 51.8 Å². The number of rotatable bonds is 4. The van der Waals surface area contributed by atoms with Crippen molar-refractivity contribution in [2.24, 2.45) is 0 Å². The molecule has 4 rings (SSSR count). The number of benzene rings is 1. The molecule has 0 spiro atoms. The molecule has 27 heavy (non-hydrogen) atoms. The Labute approximate surface area is 170 Å². The van der Waals surface area contributed by atoms with Gasteiger partial charge in [-0.05, 0) is 64.9 Å². The van der Waals surface area contributed by atoms with Gasteiger partial charge in [-0.2, -0.15) is 11.3 Å². The standard InChI is InChI=1S/C20H17ClN2O2S2/c21-15-6-5-13(11-16(15)22-19(24)18-4-2-9-27-18)20(25)23-8-1-3-17(23)14-7-10-26-12-14/h2,4-7,9-12,17H,1,3,8H2,(H,22,24). The molecule has 2 amide bonds. The summed E-state index contributed by atoms with van der Waals surface area (Å²) in [6, 6.07) is 10.8. The van der Waals surface area contributed by atoms with Crippen LogP contribution in [0.5, 0.6) is 0 Å². The van der Waals surface area contributed by atoms with E-state index in [2.05, 4.69) is 16.8 Å². The molecule has 7 heteroatoms. The molecule has 0 aliphatic carbocycles. The van der Waals surface area contributed by atoms with Gasteiger partial charge in [0.1, 0.15) is 0 Å². The molecular formula is C20H17ClN2O2S2. The van der Waals surface area contributed by atoms with E-state index in [-0.39, 0.29) is 17.9 Å². The Balaban J connectivity index is 1.57. The lowest BCUT2D eigenvalue weighted by molar-refractivity contribution is 0.0735. The van der Waals surface area contributed by atoms with E-state index < -0.39 is 0 Å². The monoisotopic (exact) mass is 416 g/mol. The van der Waals surface area contributed by atoms with E-state index >= 15 is 0 Å². The predicted octanol–water partition coefficient (Wildman–Crippen LogP) is 5.69. The van der Waals surface area contributed by atoms with Gasteiger partial charge in [0, 0.05) is 12.1 Å². The number of carbonyl (C=O) groups is 2. The average Bonchev–Trinajstić information content (AvgIpc) is 3.43. The fourth-order valence-corrected chi connectivity index (χ4v) is 4.82. The highest BCUT2D eigenvalue weighted by atomic mass is 35.5. The van der Waals surface area contributed by atoms with Crippen LogP contribution in [0.3, 0.4) is 0 Å². The van der Waals surface area contributed by atoms with Crippen molar-refractivity contribution in [3.8, 4) is 0 Å². The van der Waals surface area contributed by atoms with E-state index in [9.17, 15) is 9.59 Å². The molecule has 1 atom stereocenters. The first-order valence-corrected chi connectivity index (χ1v) is 10.8. The third kappa shape index (κ3) is 3.78. The van der Waals surface area contributed by atoms with Crippen LogP contribution in [0.15, 0.2) is 52.5 Å². The third-order valence-electron chi connectivity index (χ3n) is 4.65. The number of likely N-dealkylation sites (tertiary alicyclic amines) is 1. The molecule has 3 aromatic rings. The summed E-state index contributed by atoms with van der Waals surface area (Å²) >= 11 is 9.24. The second kappa shape index (κ2) is 7.84. The van der Waals surface area contributed by atoms with E-state index in [1.165, 1.54) is 16.9 Å². The minimum absolute atomic E-state index is 0.0352. The van der Waals surface area contributed by atoms with Gasteiger partial charge in [-0.3, -0.25) is 9.59 Å². The lowest BCUT2D eigenvalue weighted by Gasteiger charge is -2.24. The summed E-state index contributed by atoms with van der Waals surface area (Å²) in [5.41, 5.74) is 2.17. The van der Waals surface area contributed by atoms with Crippen LogP contribution in [0.2, 0.25) is 5.02 Å². The lowest BCUT2D eigenvalue weighted by Crippen LogP contribution is -2.30. The van der Waals surface area contributed by atoms with Gasteiger partial charge in [0.15, 0.2) is 0 Å². The minimum atomic E-state index is -0.228. The Kier molecular flexibility index (Phi) is 5.29. The Bertz CT molecular complexity index is 955. The van der Waals surface area contributed by atoms with Gasteiger partial charge in [-0.25, -0.2) is 0 Å². The van der Waals surface area contributed by atoms with Crippen molar-refractivity contribution in [3.05, 3.63) is 73.6 Å². The molecule has 3 heterocycles. The topological polar surface area (TPSA) is 49.4 Å². The summed E-state index contributed by atoms with van der Waals surface area (Å²) in [6.07, 6.45) is 1.96. The smallest absolute Gasteiger partial charge is 0.265 e. The largest absolute Gasteiger partial charge is 0.332 e. The predicted molar refractivity (Wildman–Crippen MR) is 111 cm³/mol. The normalized spacial score (nSPS) is 16.5. The lowest BCUT2D eigenvalue weighted by atomic mass is 10.1. The Morgan fingerprint density at radius 3 is 2.81 bits per heavy atom. The molecule has 1 N–H and O–H groups in total. The Morgan fingerprint density at radius 1 is 1.19 bits per heavy atom. The van der Waals surface area contributed by atoms with Crippen LogP contribution >= 0.6 is 34.3 Å². The zero-order valence-corrected chi connectivity index (χ0v) is 16.7. The first kappa shape index (κ1) is 18.2. The zero-order valence-electron chi connectivity index (χ0n) is 14.4. The number of hydrogen-bond acceptors (Lipinski definition) is 4. The summed E-state index contributed by atoms with van der Waals surface area (Å²) in [5, 5.41) is 9.20. The second-order valence-electron chi connectivity index (χ2n) is 6.34. The molecular weight excluding hydrogens is 400 g/mol. The molecule has 0 radical (unpaired) electrons. The Morgan fingerprint density at radius 2 is 2.07 bits per heavy atom. The number of carbonyl (C=O) groups excluding carboxylic acids is 2. The van der Waals surface area contributed by atoms with Crippen LogP contribution in [0, 0.1) is 0 Å². The van der Waals surface area contributed by atoms with Crippen LogP contribution in [0.25, 0.3) is 0 Å². The number of thiophene rings is 2. The zero-order chi connectivity index (χ0) is 18.8. The molecule has 0 bridgehead atoms. The molecule has 2 aromatic heterocycles. The van der Waals surface area contributed by atoms with Crippen LogP contribution in [-0.4, -0.2) is 23.3 Å². The molecule has 138 valence electrons. The molecule has 4 nitrogen and oxygen atoms in total. The first-order chi connectivity index (χ1) is 13.1. The number of nitrogens with zero attached hydrogens (tertiary/aromatic N) is 1. The minimum Gasteiger partial charge on any atom is -0.332 e. The summed E-state index contributed by atoms with van der Waals surface area (Å²) < 4.78 is 0. The molecule has 1 fully saturated rings. The second-order valence-corrected chi connectivity index (χ2v) is 8.47. The van der Waals surface area contributed by atoms with Gasteiger partial charge in [-0.15, -0.1) is 11.3 Å². The average molecular weight is 417 g/mol. The van der Waals surface area contributed by atoms with Gasteiger partial charge >= 0.3 is 0 Å². The maximum Gasteiger partial charge on any atom is 0.265 e. The summed E-state index contributed by atoms with van der Waals surface area (Å²) in [7, 11) is 0. The number of halogens is 1. The van der Waals surface area contributed by atoms with E-state index in [4.69, 9.17) is 11.6 Å². The number of nitrogens with one attached hydrogen (secondary N) is 1. The molecule has 0 saturated carbocycles. The highest BCUT2D eigenvalue weighted by Crippen LogP contribution is 2.35. The van der Waals surface area contributed by atoms with Crippen LogP contribution in [0.1, 0.15) is 44.5 Å². The number of anilines is 1. The molecule has 1 aliphatic heterocycles. The van der Waals surface area contributed by atoms with Crippen molar-refractivity contribution in [2.45, 2.75) is 18.9 Å². The fourth-order valence-electron chi connectivity index (χ4n) is 3.33.